The molecule has 1 atom stereocenters. The summed E-state index contributed by atoms with van der Waals surface area (Å²) < 4.78 is 5.38. The number of carbonyl (C=O) groups is 1. The van der Waals surface area contributed by atoms with Crippen LogP contribution in [-0.4, -0.2) is 75.7 Å². The minimum Gasteiger partial charge on any atom is -0.384 e. The fourth-order valence-corrected chi connectivity index (χ4v) is 3.96. The molecule has 0 bridgehead atoms. The molecule has 1 amide bonds. The molecule has 2 aliphatic rings. The van der Waals surface area contributed by atoms with Crippen LogP contribution in [0, 0.1) is 5.41 Å². The van der Waals surface area contributed by atoms with Crippen LogP contribution in [0.25, 0.3) is 0 Å². The largest absolute Gasteiger partial charge is 0.384 e. The van der Waals surface area contributed by atoms with Gasteiger partial charge in [-0.2, -0.15) is 0 Å². The van der Waals surface area contributed by atoms with Crippen LogP contribution in [0.3, 0.4) is 0 Å². The third-order valence-electron chi connectivity index (χ3n) is 5.50. The van der Waals surface area contributed by atoms with Gasteiger partial charge in [0.1, 0.15) is 0 Å². The summed E-state index contributed by atoms with van der Waals surface area (Å²) in [5.74, 6) is 0.273. The lowest BCUT2D eigenvalue weighted by Gasteiger charge is -2.39. The molecule has 2 heterocycles. The number of rotatable bonds is 6. The molecule has 2 fully saturated rings. The SMILES string of the molecule is COCC1(C(=O)N(C)CCC2CCCCN2C)CCNCC1.Cl.Cl. The van der Waals surface area contributed by atoms with E-state index in [1.165, 1.54) is 25.8 Å². The molecule has 5 nitrogen and oxygen atoms in total. The number of amides is 1. The van der Waals surface area contributed by atoms with Gasteiger partial charge in [0, 0.05) is 26.7 Å². The Labute approximate surface area is 159 Å². The van der Waals surface area contributed by atoms with Crippen LogP contribution in [0.5, 0.6) is 0 Å². The first-order valence-corrected chi connectivity index (χ1v) is 8.74. The third-order valence-corrected chi connectivity index (χ3v) is 5.50. The Kier molecular flexibility index (Phi) is 11.5. The number of halogens is 2. The highest BCUT2D eigenvalue weighted by Crippen LogP contribution is 2.31. The number of methoxy groups -OCH3 is 1. The number of nitrogens with one attached hydrogen (secondary N) is 1. The van der Waals surface area contributed by atoms with Crippen molar-refractivity contribution < 1.29 is 9.53 Å². The lowest BCUT2D eigenvalue weighted by molar-refractivity contribution is -0.146. The van der Waals surface area contributed by atoms with Crippen LogP contribution in [0.1, 0.15) is 38.5 Å². The van der Waals surface area contributed by atoms with Gasteiger partial charge < -0.3 is 19.9 Å². The van der Waals surface area contributed by atoms with Crippen molar-refractivity contribution in [3.8, 4) is 0 Å². The van der Waals surface area contributed by atoms with Crippen molar-refractivity contribution in [2.24, 2.45) is 5.41 Å². The van der Waals surface area contributed by atoms with Crippen LogP contribution in [-0.2, 0) is 9.53 Å². The van der Waals surface area contributed by atoms with Crippen LogP contribution in [0.15, 0.2) is 0 Å². The van der Waals surface area contributed by atoms with Crippen molar-refractivity contribution in [2.45, 2.75) is 44.6 Å². The smallest absolute Gasteiger partial charge is 0.230 e. The van der Waals surface area contributed by atoms with E-state index in [0.29, 0.717) is 12.6 Å². The zero-order valence-corrected chi connectivity index (χ0v) is 17.0. The van der Waals surface area contributed by atoms with E-state index in [2.05, 4.69) is 17.3 Å². The van der Waals surface area contributed by atoms with Crippen molar-refractivity contribution in [3.05, 3.63) is 0 Å². The summed E-state index contributed by atoms with van der Waals surface area (Å²) in [5, 5.41) is 3.35. The summed E-state index contributed by atoms with van der Waals surface area (Å²) in [7, 11) is 5.88. The zero-order valence-electron chi connectivity index (χ0n) is 15.4. The number of carbonyl (C=O) groups excluding carboxylic acids is 1. The predicted molar refractivity (Wildman–Crippen MR) is 103 cm³/mol. The molecular weight excluding hydrogens is 349 g/mol. The van der Waals surface area contributed by atoms with Crippen molar-refractivity contribution in [1.82, 2.24) is 15.1 Å². The van der Waals surface area contributed by atoms with E-state index in [1.807, 2.05) is 11.9 Å². The Morgan fingerprint density at radius 3 is 2.54 bits per heavy atom. The summed E-state index contributed by atoms with van der Waals surface area (Å²) in [6, 6.07) is 0.635. The van der Waals surface area contributed by atoms with Gasteiger partial charge in [-0.25, -0.2) is 0 Å². The van der Waals surface area contributed by atoms with Crippen LogP contribution in [0.2, 0.25) is 0 Å². The molecule has 2 rings (SSSR count). The van der Waals surface area contributed by atoms with E-state index >= 15 is 0 Å². The highest BCUT2D eigenvalue weighted by Gasteiger charge is 2.41. The van der Waals surface area contributed by atoms with Gasteiger partial charge in [0.25, 0.3) is 0 Å². The number of nitrogens with zero attached hydrogens (tertiary/aromatic N) is 2. The first-order valence-electron chi connectivity index (χ1n) is 8.74. The Morgan fingerprint density at radius 1 is 1.29 bits per heavy atom. The monoisotopic (exact) mass is 383 g/mol. The predicted octanol–water partition coefficient (Wildman–Crippen LogP) is 2.18. The Morgan fingerprint density at radius 2 is 1.96 bits per heavy atom. The van der Waals surface area contributed by atoms with Crippen LogP contribution >= 0.6 is 24.8 Å². The number of likely N-dealkylation sites (tertiary alicyclic amines) is 1. The minimum absolute atomic E-state index is 0. The number of ether oxygens (including phenoxy) is 1. The summed E-state index contributed by atoms with van der Waals surface area (Å²) in [6.45, 7) is 4.41. The summed E-state index contributed by atoms with van der Waals surface area (Å²) in [4.78, 5) is 17.4. The summed E-state index contributed by atoms with van der Waals surface area (Å²) in [6.07, 6.45) is 6.75. The second kappa shape index (κ2) is 11.5. The number of hydrogen-bond donors (Lipinski definition) is 1. The van der Waals surface area contributed by atoms with E-state index < -0.39 is 0 Å². The molecule has 0 aromatic rings. The van der Waals surface area contributed by atoms with E-state index in [4.69, 9.17) is 4.74 Å². The van der Waals surface area contributed by atoms with Gasteiger partial charge in [-0.3, -0.25) is 4.79 Å². The highest BCUT2D eigenvalue weighted by molar-refractivity contribution is 5.85. The highest BCUT2D eigenvalue weighted by atomic mass is 35.5. The van der Waals surface area contributed by atoms with E-state index in [1.54, 1.807) is 7.11 Å². The summed E-state index contributed by atoms with van der Waals surface area (Å²) >= 11 is 0. The molecule has 2 aliphatic heterocycles. The maximum absolute atomic E-state index is 13.0. The second-order valence-electron chi connectivity index (χ2n) is 7.11. The Bertz CT molecular complexity index is 360. The molecule has 144 valence electrons. The first kappa shape index (κ1) is 23.9. The fourth-order valence-electron chi connectivity index (χ4n) is 3.96. The molecule has 0 aromatic heterocycles. The second-order valence-corrected chi connectivity index (χ2v) is 7.11. The molecule has 0 saturated carbocycles. The molecule has 7 heteroatoms. The molecule has 0 spiro atoms. The number of hydrogen-bond acceptors (Lipinski definition) is 4. The zero-order chi connectivity index (χ0) is 16.0. The van der Waals surface area contributed by atoms with Gasteiger partial charge in [-0.15, -0.1) is 24.8 Å². The topological polar surface area (TPSA) is 44.8 Å². The van der Waals surface area contributed by atoms with Gasteiger partial charge in [-0.05, 0) is 58.8 Å². The normalized spacial score (nSPS) is 23.7. The molecule has 0 aromatic carbocycles. The van der Waals surface area contributed by atoms with Gasteiger partial charge in [0.05, 0.1) is 12.0 Å². The Hall–Kier alpha value is -0.0700. The summed E-state index contributed by atoms with van der Waals surface area (Å²) in [5.41, 5.74) is -0.312. The maximum Gasteiger partial charge on any atom is 0.230 e. The van der Waals surface area contributed by atoms with E-state index in [9.17, 15) is 4.79 Å². The lowest BCUT2D eigenvalue weighted by atomic mass is 9.78. The van der Waals surface area contributed by atoms with Gasteiger partial charge in [0.15, 0.2) is 0 Å². The number of piperidine rings is 2. The average Bonchev–Trinajstić information content (AvgIpc) is 2.54. The quantitative estimate of drug-likeness (QED) is 0.763. The molecule has 1 N–H and O–H groups in total. The van der Waals surface area contributed by atoms with Crippen LogP contribution < -0.4 is 5.32 Å². The lowest BCUT2D eigenvalue weighted by Crippen LogP contribution is -2.51. The van der Waals surface area contributed by atoms with Crippen molar-refractivity contribution in [2.75, 3.05) is 54.0 Å². The molecule has 0 radical (unpaired) electrons. The minimum atomic E-state index is -0.312. The van der Waals surface area contributed by atoms with Crippen molar-refractivity contribution in [3.63, 3.8) is 0 Å². The molecule has 0 aliphatic carbocycles. The van der Waals surface area contributed by atoms with Crippen molar-refractivity contribution >= 4 is 30.7 Å². The van der Waals surface area contributed by atoms with Crippen molar-refractivity contribution in [1.29, 1.82) is 0 Å². The fraction of sp³-hybridized carbons (Fsp3) is 0.941. The van der Waals surface area contributed by atoms with Crippen LogP contribution in [0.4, 0.5) is 0 Å². The standard InChI is InChI=1S/C17H33N3O2.2ClH/c1-19-12-5-4-6-15(19)7-13-20(2)16(21)17(14-22-3)8-10-18-11-9-17;;/h15,18H,4-14H2,1-3H3;2*1H. The van der Waals surface area contributed by atoms with E-state index in [0.717, 1.165) is 38.9 Å². The first-order chi connectivity index (χ1) is 10.6. The maximum atomic E-state index is 13.0. The third kappa shape index (κ3) is 6.03. The van der Waals surface area contributed by atoms with Gasteiger partial charge in [-0.1, -0.05) is 6.42 Å². The average molecular weight is 384 g/mol. The van der Waals surface area contributed by atoms with E-state index in [-0.39, 0.29) is 36.1 Å². The molecule has 2 saturated heterocycles. The molecule has 1 unspecified atom stereocenters. The Balaban J connectivity index is 0.00000264. The molecular formula is C17H35Cl2N3O2. The molecule has 24 heavy (non-hydrogen) atoms. The van der Waals surface area contributed by atoms with Gasteiger partial charge >= 0.3 is 0 Å². The van der Waals surface area contributed by atoms with Gasteiger partial charge in [0.2, 0.25) is 5.91 Å².